The molecule has 0 N–H and O–H groups in total. The van der Waals surface area contributed by atoms with E-state index in [1.54, 1.807) is 0 Å². The highest BCUT2D eigenvalue weighted by molar-refractivity contribution is 14.1. The molecule has 0 aliphatic carbocycles. The number of halogens is 6. The zero-order valence-electron chi connectivity index (χ0n) is 10.5. The number of aromatic nitrogens is 1. The summed E-state index contributed by atoms with van der Waals surface area (Å²) in [5.74, 6) is -1.79. The lowest BCUT2D eigenvalue weighted by Crippen LogP contribution is -2.19. The smallest absolute Gasteiger partial charge is 0.466 e. The van der Waals surface area contributed by atoms with Crippen molar-refractivity contribution in [1.82, 2.24) is 4.98 Å². The van der Waals surface area contributed by atoms with Gasteiger partial charge in [-0.25, -0.2) is 13.8 Å². The van der Waals surface area contributed by atoms with Crippen LogP contribution in [0.25, 0.3) is 0 Å². The van der Waals surface area contributed by atoms with Crippen molar-refractivity contribution in [3.05, 3.63) is 20.9 Å². The van der Waals surface area contributed by atoms with E-state index >= 15 is 0 Å². The molecule has 0 saturated carbocycles. The fourth-order valence-electron chi connectivity index (χ4n) is 1.39. The molecule has 0 aliphatic heterocycles. The number of hydrogen-bond acceptors (Lipinski definition) is 4. The summed E-state index contributed by atoms with van der Waals surface area (Å²) in [6.45, 7) is 1.60. The van der Waals surface area contributed by atoms with Crippen LogP contribution in [-0.4, -0.2) is 23.9 Å². The molecular formula is C11H9F5INO3. The fraction of sp³-hybridized carbons (Fsp3) is 0.455. The third-order valence-corrected chi connectivity index (χ3v) is 3.35. The van der Waals surface area contributed by atoms with Crippen LogP contribution < -0.4 is 4.74 Å². The Kier molecular flexibility index (Phi) is 6.10. The molecule has 0 aromatic carbocycles. The quantitative estimate of drug-likeness (QED) is 0.411. The molecule has 1 aromatic heterocycles. The highest BCUT2D eigenvalue weighted by atomic mass is 127. The van der Waals surface area contributed by atoms with Gasteiger partial charge in [0.15, 0.2) is 0 Å². The van der Waals surface area contributed by atoms with Gasteiger partial charge in [-0.15, -0.1) is 13.2 Å². The Hall–Kier alpha value is -1.20. The number of pyridine rings is 1. The number of hydrogen-bond donors (Lipinski definition) is 0. The summed E-state index contributed by atoms with van der Waals surface area (Å²) in [5.41, 5.74) is -0.949. The monoisotopic (exact) mass is 425 g/mol. The van der Waals surface area contributed by atoms with E-state index in [1.807, 2.05) is 0 Å². The molecule has 0 fully saturated rings. The van der Waals surface area contributed by atoms with Crippen molar-refractivity contribution in [1.29, 1.82) is 0 Å². The molecule has 0 atom stereocenters. The van der Waals surface area contributed by atoms with Gasteiger partial charge in [-0.2, -0.15) is 0 Å². The van der Waals surface area contributed by atoms with Crippen molar-refractivity contribution in [3.63, 3.8) is 0 Å². The highest BCUT2D eigenvalue weighted by Crippen LogP contribution is 2.31. The van der Waals surface area contributed by atoms with Gasteiger partial charge in [0.2, 0.25) is 5.88 Å². The second kappa shape index (κ2) is 7.18. The van der Waals surface area contributed by atoms with Crippen LogP contribution in [0.2, 0.25) is 0 Å². The average molecular weight is 425 g/mol. The first kappa shape index (κ1) is 17.9. The SMILES string of the molecule is CCOC(=O)Cc1cc(OC(F)(F)F)nc(C(F)F)c1I. The Balaban J connectivity index is 3.18. The molecule has 0 spiro atoms. The second-order valence-corrected chi connectivity index (χ2v) is 4.73. The number of rotatable bonds is 5. The summed E-state index contributed by atoms with van der Waals surface area (Å²) >= 11 is 1.48. The first-order valence-corrected chi connectivity index (χ1v) is 6.60. The molecule has 1 rings (SSSR count). The van der Waals surface area contributed by atoms with Crippen molar-refractivity contribution >= 4 is 28.6 Å². The summed E-state index contributed by atoms with van der Waals surface area (Å²) in [7, 11) is 0. The van der Waals surface area contributed by atoms with E-state index < -0.39 is 36.8 Å². The van der Waals surface area contributed by atoms with Gasteiger partial charge < -0.3 is 9.47 Å². The molecule has 118 valence electrons. The maximum atomic E-state index is 12.8. The summed E-state index contributed by atoms with van der Waals surface area (Å²) in [4.78, 5) is 14.5. The molecule has 0 radical (unpaired) electrons. The Labute approximate surface area is 129 Å². The minimum absolute atomic E-state index is 0.0636. The third kappa shape index (κ3) is 5.59. The predicted octanol–water partition coefficient (Wildman–Crippen LogP) is 3.63. The fourth-order valence-corrected chi connectivity index (χ4v) is 2.09. The number of esters is 1. The molecule has 1 heterocycles. The van der Waals surface area contributed by atoms with Crippen LogP contribution >= 0.6 is 22.6 Å². The molecule has 10 heteroatoms. The molecule has 4 nitrogen and oxygen atoms in total. The minimum atomic E-state index is -5.07. The Morgan fingerprint density at radius 3 is 2.52 bits per heavy atom. The number of carbonyl (C=O) groups is 1. The van der Waals surface area contributed by atoms with Crippen LogP contribution in [-0.2, 0) is 16.0 Å². The Morgan fingerprint density at radius 1 is 1.43 bits per heavy atom. The molecule has 0 bridgehead atoms. The standard InChI is InChI=1S/C11H9F5INO3/c1-2-20-7(19)4-5-3-6(21-11(14,15)16)18-9(8(5)17)10(12)13/h3,10H,2,4H2,1H3. The van der Waals surface area contributed by atoms with E-state index in [9.17, 15) is 26.7 Å². The summed E-state index contributed by atoms with van der Waals surface area (Å²) in [5, 5.41) is 0. The zero-order chi connectivity index (χ0) is 16.2. The first-order chi connectivity index (χ1) is 9.64. The van der Waals surface area contributed by atoms with Gasteiger partial charge in [0.25, 0.3) is 6.43 Å². The molecule has 0 amide bonds. The molecule has 0 saturated heterocycles. The van der Waals surface area contributed by atoms with Gasteiger partial charge in [0.1, 0.15) is 5.69 Å². The molecule has 1 aromatic rings. The lowest BCUT2D eigenvalue weighted by atomic mass is 10.1. The molecular weight excluding hydrogens is 416 g/mol. The van der Waals surface area contributed by atoms with Crippen molar-refractivity contribution < 1.29 is 36.2 Å². The lowest BCUT2D eigenvalue weighted by molar-refractivity contribution is -0.276. The van der Waals surface area contributed by atoms with Gasteiger partial charge >= 0.3 is 12.3 Å². The topological polar surface area (TPSA) is 48.4 Å². The van der Waals surface area contributed by atoms with Gasteiger partial charge in [-0.3, -0.25) is 4.79 Å². The number of carbonyl (C=O) groups excluding carboxylic acids is 1. The summed E-state index contributed by atoms with van der Waals surface area (Å²) in [6, 6.07) is 0.790. The minimum Gasteiger partial charge on any atom is -0.466 e. The van der Waals surface area contributed by atoms with Crippen LogP contribution in [0.4, 0.5) is 22.0 Å². The average Bonchev–Trinajstić information content (AvgIpc) is 2.31. The lowest BCUT2D eigenvalue weighted by Gasteiger charge is -2.13. The maximum Gasteiger partial charge on any atom is 0.574 e. The van der Waals surface area contributed by atoms with Crippen LogP contribution in [0.5, 0.6) is 5.88 Å². The van der Waals surface area contributed by atoms with Crippen molar-refractivity contribution in [2.75, 3.05) is 6.61 Å². The zero-order valence-corrected chi connectivity index (χ0v) is 12.7. The summed E-state index contributed by atoms with van der Waals surface area (Å²) < 4.78 is 70.1. The largest absolute Gasteiger partial charge is 0.574 e. The number of ether oxygens (including phenoxy) is 2. The normalized spacial score (nSPS) is 11.6. The van der Waals surface area contributed by atoms with Gasteiger partial charge in [-0.05, 0) is 35.1 Å². The third-order valence-electron chi connectivity index (χ3n) is 2.10. The molecule has 0 unspecified atom stereocenters. The number of alkyl halides is 5. The first-order valence-electron chi connectivity index (χ1n) is 5.52. The Bertz CT molecular complexity index is 521. The number of nitrogens with zero attached hydrogens (tertiary/aromatic N) is 1. The maximum absolute atomic E-state index is 12.8. The van der Waals surface area contributed by atoms with Crippen LogP contribution in [0.1, 0.15) is 24.6 Å². The van der Waals surface area contributed by atoms with Crippen molar-refractivity contribution in [3.8, 4) is 5.88 Å². The second-order valence-electron chi connectivity index (χ2n) is 3.65. The predicted molar refractivity (Wildman–Crippen MR) is 68.9 cm³/mol. The highest BCUT2D eigenvalue weighted by Gasteiger charge is 2.33. The van der Waals surface area contributed by atoms with Gasteiger partial charge in [0.05, 0.1) is 13.0 Å². The van der Waals surface area contributed by atoms with E-state index in [4.69, 9.17) is 0 Å². The van der Waals surface area contributed by atoms with Crippen molar-refractivity contribution in [2.45, 2.75) is 26.1 Å². The van der Waals surface area contributed by atoms with E-state index in [1.165, 1.54) is 29.5 Å². The van der Waals surface area contributed by atoms with Gasteiger partial charge in [0, 0.05) is 9.64 Å². The van der Waals surface area contributed by atoms with E-state index in [0.717, 1.165) is 6.07 Å². The van der Waals surface area contributed by atoms with Crippen molar-refractivity contribution in [2.24, 2.45) is 0 Å². The van der Waals surface area contributed by atoms with E-state index in [0.29, 0.717) is 0 Å². The van der Waals surface area contributed by atoms with E-state index in [-0.39, 0.29) is 15.7 Å². The van der Waals surface area contributed by atoms with Crippen LogP contribution in [0, 0.1) is 3.57 Å². The summed E-state index contributed by atoms with van der Waals surface area (Å²) in [6.07, 6.45) is -8.63. The molecule has 21 heavy (non-hydrogen) atoms. The van der Waals surface area contributed by atoms with Crippen LogP contribution in [0.3, 0.4) is 0 Å². The van der Waals surface area contributed by atoms with Crippen LogP contribution in [0.15, 0.2) is 6.07 Å². The molecule has 0 aliphatic rings. The van der Waals surface area contributed by atoms with E-state index in [2.05, 4.69) is 14.5 Å². The van der Waals surface area contributed by atoms with Gasteiger partial charge in [-0.1, -0.05) is 0 Å². The Morgan fingerprint density at radius 2 is 2.05 bits per heavy atom.